The fraction of sp³-hybridized carbons (Fsp3) is 0.562. The van der Waals surface area contributed by atoms with Crippen LogP contribution in [0.4, 0.5) is 0 Å². The topological polar surface area (TPSA) is 29.5 Å². The molecule has 1 amide bonds. The van der Waals surface area contributed by atoms with Crippen molar-refractivity contribution in [3.05, 3.63) is 29.8 Å². The standard InChI is InChI=1S/C16H24BrNO2/c1-3-4-10-18(11-9-17)16(19)8-12-20-15-7-5-6-14(2)13-15/h5-7,13H,3-4,8-12H2,1-2H3. The molecule has 0 spiro atoms. The highest BCUT2D eigenvalue weighted by molar-refractivity contribution is 9.09. The molecule has 3 nitrogen and oxygen atoms in total. The molecular weight excluding hydrogens is 318 g/mol. The Hall–Kier alpha value is -1.03. The lowest BCUT2D eigenvalue weighted by molar-refractivity contribution is -0.131. The van der Waals surface area contributed by atoms with Crippen LogP contribution in [0.5, 0.6) is 5.75 Å². The highest BCUT2D eigenvalue weighted by Crippen LogP contribution is 2.12. The zero-order valence-corrected chi connectivity index (χ0v) is 14.0. The van der Waals surface area contributed by atoms with E-state index in [1.54, 1.807) is 0 Å². The second-order valence-corrected chi connectivity index (χ2v) is 5.63. The highest BCUT2D eigenvalue weighted by Gasteiger charge is 2.12. The van der Waals surface area contributed by atoms with Gasteiger partial charge in [0.15, 0.2) is 0 Å². The molecule has 1 aromatic carbocycles. The molecule has 0 atom stereocenters. The van der Waals surface area contributed by atoms with E-state index in [2.05, 4.69) is 22.9 Å². The van der Waals surface area contributed by atoms with Gasteiger partial charge in [0.1, 0.15) is 5.75 Å². The van der Waals surface area contributed by atoms with Crippen LogP contribution in [0, 0.1) is 6.92 Å². The molecule has 0 fully saturated rings. The maximum absolute atomic E-state index is 12.1. The number of amides is 1. The summed E-state index contributed by atoms with van der Waals surface area (Å²) in [6.45, 7) is 6.21. The summed E-state index contributed by atoms with van der Waals surface area (Å²) >= 11 is 3.40. The maximum atomic E-state index is 12.1. The summed E-state index contributed by atoms with van der Waals surface area (Å²) in [7, 11) is 0. The molecular formula is C16H24BrNO2. The van der Waals surface area contributed by atoms with Gasteiger partial charge >= 0.3 is 0 Å². The average molecular weight is 342 g/mol. The summed E-state index contributed by atoms with van der Waals surface area (Å²) in [5.41, 5.74) is 1.16. The Morgan fingerprint density at radius 3 is 2.80 bits per heavy atom. The molecule has 1 aromatic rings. The Kier molecular flexibility index (Phi) is 8.35. The van der Waals surface area contributed by atoms with Gasteiger partial charge in [-0.2, -0.15) is 0 Å². The molecule has 0 aromatic heterocycles. The number of benzene rings is 1. The van der Waals surface area contributed by atoms with Gasteiger partial charge in [0.2, 0.25) is 5.91 Å². The fourth-order valence-electron chi connectivity index (χ4n) is 1.93. The number of halogens is 1. The van der Waals surface area contributed by atoms with Crippen molar-refractivity contribution in [1.29, 1.82) is 0 Å². The van der Waals surface area contributed by atoms with Gasteiger partial charge in [-0.05, 0) is 31.0 Å². The van der Waals surface area contributed by atoms with Crippen LogP contribution in [0.15, 0.2) is 24.3 Å². The van der Waals surface area contributed by atoms with Crippen molar-refractivity contribution >= 4 is 21.8 Å². The maximum Gasteiger partial charge on any atom is 0.226 e. The normalized spacial score (nSPS) is 10.3. The van der Waals surface area contributed by atoms with E-state index in [0.29, 0.717) is 13.0 Å². The van der Waals surface area contributed by atoms with E-state index >= 15 is 0 Å². The van der Waals surface area contributed by atoms with Crippen molar-refractivity contribution in [2.75, 3.05) is 25.0 Å². The van der Waals surface area contributed by atoms with Gasteiger partial charge in [-0.15, -0.1) is 0 Å². The fourth-order valence-corrected chi connectivity index (χ4v) is 2.36. The molecule has 0 heterocycles. The summed E-state index contributed by atoms with van der Waals surface area (Å²) < 4.78 is 5.63. The van der Waals surface area contributed by atoms with E-state index in [0.717, 1.165) is 42.6 Å². The third-order valence-electron chi connectivity index (χ3n) is 3.06. The van der Waals surface area contributed by atoms with Crippen LogP contribution in [0.2, 0.25) is 0 Å². The Morgan fingerprint density at radius 1 is 1.35 bits per heavy atom. The number of alkyl halides is 1. The van der Waals surface area contributed by atoms with E-state index in [4.69, 9.17) is 4.74 Å². The molecule has 4 heteroatoms. The van der Waals surface area contributed by atoms with Crippen LogP contribution >= 0.6 is 15.9 Å². The molecule has 112 valence electrons. The smallest absolute Gasteiger partial charge is 0.226 e. The average Bonchev–Trinajstić information content (AvgIpc) is 2.43. The van der Waals surface area contributed by atoms with Crippen molar-refractivity contribution in [1.82, 2.24) is 4.90 Å². The van der Waals surface area contributed by atoms with Gasteiger partial charge in [-0.1, -0.05) is 41.4 Å². The zero-order chi connectivity index (χ0) is 14.8. The highest BCUT2D eigenvalue weighted by atomic mass is 79.9. The molecule has 0 N–H and O–H groups in total. The monoisotopic (exact) mass is 341 g/mol. The lowest BCUT2D eigenvalue weighted by atomic mass is 10.2. The Morgan fingerprint density at radius 2 is 2.15 bits per heavy atom. The van der Waals surface area contributed by atoms with Gasteiger partial charge in [-0.25, -0.2) is 0 Å². The number of carbonyl (C=O) groups is 1. The Balaban J connectivity index is 2.36. The second-order valence-electron chi connectivity index (χ2n) is 4.84. The summed E-state index contributed by atoms with van der Waals surface area (Å²) in [4.78, 5) is 14.0. The van der Waals surface area contributed by atoms with Gasteiger partial charge in [0.05, 0.1) is 13.0 Å². The molecule has 0 saturated heterocycles. The number of hydrogen-bond acceptors (Lipinski definition) is 2. The Labute approximate surface area is 130 Å². The number of hydrogen-bond donors (Lipinski definition) is 0. The first-order chi connectivity index (χ1) is 9.67. The molecule has 0 unspecified atom stereocenters. The van der Waals surface area contributed by atoms with Crippen molar-refractivity contribution in [2.24, 2.45) is 0 Å². The summed E-state index contributed by atoms with van der Waals surface area (Å²) in [6, 6.07) is 7.90. The molecule has 20 heavy (non-hydrogen) atoms. The van der Waals surface area contributed by atoms with Crippen LogP contribution in [-0.2, 0) is 4.79 Å². The first-order valence-corrected chi connectivity index (χ1v) is 8.32. The number of aryl methyl sites for hydroxylation is 1. The third-order valence-corrected chi connectivity index (χ3v) is 3.42. The Bertz CT molecular complexity index is 409. The number of rotatable bonds is 9. The molecule has 1 rings (SSSR count). The van der Waals surface area contributed by atoms with Gasteiger partial charge < -0.3 is 9.64 Å². The lowest BCUT2D eigenvalue weighted by Crippen LogP contribution is -2.34. The third kappa shape index (κ3) is 6.42. The van der Waals surface area contributed by atoms with Crippen LogP contribution in [-0.4, -0.2) is 35.8 Å². The summed E-state index contributed by atoms with van der Waals surface area (Å²) in [6.07, 6.45) is 2.59. The zero-order valence-electron chi connectivity index (χ0n) is 12.4. The number of unbranched alkanes of at least 4 members (excludes halogenated alkanes) is 1. The molecule has 0 bridgehead atoms. The van der Waals surface area contributed by atoms with Gasteiger partial charge in [-0.3, -0.25) is 4.79 Å². The number of carbonyl (C=O) groups excluding carboxylic acids is 1. The van der Waals surface area contributed by atoms with Crippen molar-refractivity contribution in [2.45, 2.75) is 33.1 Å². The second kappa shape index (κ2) is 9.81. The van der Waals surface area contributed by atoms with Crippen molar-refractivity contribution in [3.8, 4) is 5.75 Å². The molecule has 0 radical (unpaired) electrons. The van der Waals surface area contributed by atoms with E-state index in [1.165, 1.54) is 0 Å². The largest absolute Gasteiger partial charge is 0.493 e. The minimum atomic E-state index is 0.172. The quantitative estimate of drug-likeness (QED) is 0.639. The molecule has 0 saturated carbocycles. The number of nitrogens with zero attached hydrogens (tertiary/aromatic N) is 1. The summed E-state index contributed by atoms with van der Waals surface area (Å²) in [5, 5.41) is 0.821. The minimum absolute atomic E-state index is 0.172. The first-order valence-electron chi connectivity index (χ1n) is 7.20. The van der Waals surface area contributed by atoms with E-state index in [-0.39, 0.29) is 5.91 Å². The number of ether oxygens (including phenoxy) is 1. The molecule has 0 aliphatic rings. The summed E-state index contributed by atoms with van der Waals surface area (Å²) in [5.74, 6) is 1.00. The van der Waals surface area contributed by atoms with Crippen molar-refractivity contribution < 1.29 is 9.53 Å². The predicted octanol–water partition coefficient (Wildman–Crippen LogP) is 3.79. The lowest BCUT2D eigenvalue weighted by Gasteiger charge is -2.21. The van der Waals surface area contributed by atoms with Gasteiger partial charge in [0.25, 0.3) is 0 Å². The van der Waals surface area contributed by atoms with E-state index < -0.39 is 0 Å². The van der Waals surface area contributed by atoms with Crippen LogP contribution in [0.3, 0.4) is 0 Å². The minimum Gasteiger partial charge on any atom is -0.493 e. The van der Waals surface area contributed by atoms with Crippen LogP contribution < -0.4 is 4.74 Å². The molecule has 0 aliphatic carbocycles. The SMILES string of the molecule is CCCCN(CCBr)C(=O)CCOc1cccc(C)c1. The predicted molar refractivity (Wildman–Crippen MR) is 86.6 cm³/mol. The van der Waals surface area contributed by atoms with Crippen LogP contribution in [0.1, 0.15) is 31.7 Å². The van der Waals surface area contributed by atoms with E-state index in [9.17, 15) is 4.79 Å². The van der Waals surface area contributed by atoms with E-state index in [1.807, 2.05) is 36.1 Å². The van der Waals surface area contributed by atoms with Crippen molar-refractivity contribution in [3.63, 3.8) is 0 Å². The van der Waals surface area contributed by atoms with Crippen LogP contribution in [0.25, 0.3) is 0 Å². The first kappa shape index (κ1) is 17.0. The van der Waals surface area contributed by atoms with Gasteiger partial charge in [0, 0.05) is 18.4 Å². The molecule has 0 aliphatic heterocycles.